The molecule has 0 spiro atoms. The number of anilines is 2. The molecule has 0 aliphatic carbocycles. The van der Waals surface area contributed by atoms with Crippen LogP contribution in [0.25, 0.3) is 0 Å². The second-order valence-corrected chi connectivity index (χ2v) is 4.62. The Kier molecular flexibility index (Phi) is 4.46. The third-order valence-electron chi connectivity index (χ3n) is 2.38. The van der Waals surface area contributed by atoms with E-state index >= 15 is 0 Å². The predicted molar refractivity (Wildman–Crippen MR) is 77.6 cm³/mol. The summed E-state index contributed by atoms with van der Waals surface area (Å²) in [6, 6.07) is 7.33. The van der Waals surface area contributed by atoms with Gasteiger partial charge < -0.3 is 10.6 Å². The topological polar surface area (TPSA) is 24.1 Å². The quantitative estimate of drug-likeness (QED) is 0.794. The number of rotatable bonds is 2. The molecule has 0 radical (unpaired) electrons. The van der Waals surface area contributed by atoms with E-state index in [0.29, 0.717) is 6.07 Å². The summed E-state index contributed by atoms with van der Waals surface area (Å²) >= 11 is 10.5. The maximum absolute atomic E-state index is 13.6. The van der Waals surface area contributed by atoms with E-state index < -0.39 is 17.5 Å². The van der Waals surface area contributed by atoms with Crippen LogP contribution in [0.15, 0.2) is 36.4 Å². The lowest BCUT2D eigenvalue weighted by atomic mass is 10.3. The highest BCUT2D eigenvalue weighted by Crippen LogP contribution is 2.22. The van der Waals surface area contributed by atoms with Crippen LogP contribution < -0.4 is 10.6 Å². The molecule has 0 saturated heterocycles. The van der Waals surface area contributed by atoms with E-state index in [-0.39, 0.29) is 21.5 Å². The molecule has 0 fully saturated rings. The number of thiocarbonyl (C=S) groups is 1. The Morgan fingerprint density at radius 3 is 2.40 bits per heavy atom. The van der Waals surface area contributed by atoms with Crippen molar-refractivity contribution in [1.82, 2.24) is 0 Å². The minimum atomic E-state index is -0.805. The van der Waals surface area contributed by atoms with Crippen LogP contribution in [0.4, 0.5) is 24.5 Å². The standard InChI is InChI=1S/C13H8ClF3N2S/c14-8-2-1-3-11(12(8)17)19-13(20)18-10-5-4-7(15)6-9(10)16/h1-6H,(H2,18,19,20). The molecule has 2 aromatic carbocycles. The molecule has 0 heterocycles. The third-order valence-corrected chi connectivity index (χ3v) is 2.88. The molecule has 104 valence electrons. The summed E-state index contributed by atoms with van der Waals surface area (Å²) in [6.07, 6.45) is 0. The van der Waals surface area contributed by atoms with Crippen molar-refractivity contribution in [2.45, 2.75) is 0 Å². The van der Waals surface area contributed by atoms with Crippen LogP contribution in [0.1, 0.15) is 0 Å². The van der Waals surface area contributed by atoms with Gasteiger partial charge in [-0.1, -0.05) is 17.7 Å². The van der Waals surface area contributed by atoms with E-state index in [1.807, 2.05) is 0 Å². The summed E-state index contributed by atoms with van der Waals surface area (Å²) < 4.78 is 39.8. The Hall–Kier alpha value is -1.79. The zero-order valence-corrected chi connectivity index (χ0v) is 11.5. The highest BCUT2D eigenvalue weighted by atomic mass is 35.5. The van der Waals surface area contributed by atoms with E-state index in [1.165, 1.54) is 24.3 Å². The van der Waals surface area contributed by atoms with E-state index in [1.54, 1.807) is 0 Å². The fraction of sp³-hybridized carbons (Fsp3) is 0. The molecular formula is C13H8ClF3N2S. The predicted octanol–water partition coefficient (Wildman–Crippen LogP) is 4.57. The van der Waals surface area contributed by atoms with Crippen LogP contribution in [0.2, 0.25) is 5.02 Å². The van der Waals surface area contributed by atoms with Gasteiger partial charge in [0.1, 0.15) is 11.6 Å². The van der Waals surface area contributed by atoms with Gasteiger partial charge >= 0.3 is 0 Å². The van der Waals surface area contributed by atoms with Gasteiger partial charge in [0.25, 0.3) is 0 Å². The van der Waals surface area contributed by atoms with Gasteiger partial charge in [-0.25, -0.2) is 13.2 Å². The Morgan fingerprint density at radius 2 is 1.70 bits per heavy atom. The van der Waals surface area contributed by atoms with E-state index in [9.17, 15) is 13.2 Å². The van der Waals surface area contributed by atoms with E-state index in [2.05, 4.69) is 10.6 Å². The minimum Gasteiger partial charge on any atom is -0.330 e. The largest absolute Gasteiger partial charge is 0.330 e. The molecule has 2 N–H and O–H groups in total. The number of halogens is 4. The van der Waals surface area contributed by atoms with Gasteiger partial charge in [0, 0.05) is 6.07 Å². The number of benzene rings is 2. The maximum Gasteiger partial charge on any atom is 0.175 e. The summed E-state index contributed by atoms with van der Waals surface area (Å²) in [4.78, 5) is 0. The van der Waals surface area contributed by atoms with Gasteiger partial charge in [-0.2, -0.15) is 0 Å². The summed E-state index contributed by atoms with van der Waals surface area (Å²) in [5, 5.41) is 4.93. The molecule has 0 aliphatic rings. The van der Waals surface area contributed by atoms with E-state index in [0.717, 1.165) is 6.07 Å². The molecule has 0 bridgehead atoms. The first-order chi connectivity index (χ1) is 9.47. The van der Waals surface area contributed by atoms with Gasteiger partial charge in [-0.15, -0.1) is 0 Å². The summed E-state index contributed by atoms with van der Waals surface area (Å²) in [6.45, 7) is 0. The molecule has 0 amide bonds. The Labute approximate surface area is 123 Å². The average Bonchev–Trinajstić information content (AvgIpc) is 2.38. The fourth-order valence-corrected chi connectivity index (χ4v) is 1.86. The van der Waals surface area contributed by atoms with Crippen LogP contribution >= 0.6 is 23.8 Å². The zero-order valence-electron chi connectivity index (χ0n) is 9.88. The second kappa shape index (κ2) is 6.11. The lowest BCUT2D eigenvalue weighted by molar-refractivity contribution is 0.586. The monoisotopic (exact) mass is 316 g/mol. The van der Waals surface area contributed by atoms with Crippen LogP contribution in [0.5, 0.6) is 0 Å². The Morgan fingerprint density at radius 1 is 1.00 bits per heavy atom. The molecule has 0 unspecified atom stereocenters. The number of nitrogens with one attached hydrogen (secondary N) is 2. The first-order valence-electron chi connectivity index (χ1n) is 5.44. The second-order valence-electron chi connectivity index (χ2n) is 3.80. The van der Waals surface area contributed by atoms with Crippen molar-refractivity contribution in [3.63, 3.8) is 0 Å². The SMILES string of the molecule is Fc1ccc(NC(=S)Nc2cccc(Cl)c2F)c(F)c1. The van der Waals surface area contributed by atoms with Crippen LogP contribution in [0.3, 0.4) is 0 Å². The van der Waals surface area contributed by atoms with Crippen molar-refractivity contribution in [3.05, 3.63) is 58.9 Å². The molecule has 20 heavy (non-hydrogen) atoms. The molecule has 0 aromatic heterocycles. The normalized spacial score (nSPS) is 10.2. The lowest BCUT2D eigenvalue weighted by Gasteiger charge is -2.12. The molecule has 0 saturated carbocycles. The Balaban J connectivity index is 2.11. The number of hydrogen-bond acceptors (Lipinski definition) is 1. The van der Waals surface area contributed by atoms with Gasteiger partial charge in [-0.3, -0.25) is 0 Å². The van der Waals surface area contributed by atoms with Crippen molar-refractivity contribution in [1.29, 1.82) is 0 Å². The van der Waals surface area contributed by atoms with Gasteiger partial charge in [0.2, 0.25) is 0 Å². The van der Waals surface area contributed by atoms with Crippen molar-refractivity contribution in [2.24, 2.45) is 0 Å². The molecular weight excluding hydrogens is 309 g/mol. The van der Waals surface area contributed by atoms with Gasteiger partial charge in [0.15, 0.2) is 10.9 Å². The molecule has 2 aromatic rings. The minimum absolute atomic E-state index is 0.0219. The van der Waals surface area contributed by atoms with Crippen LogP contribution in [0, 0.1) is 17.5 Å². The maximum atomic E-state index is 13.6. The molecule has 2 rings (SSSR count). The molecule has 0 aliphatic heterocycles. The highest BCUT2D eigenvalue weighted by Gasteiger charge is 2.09. The average molecular weight is 317 g/mol. The van der Waals surface area contributed by atoms with Crippen molar-refractivity contribution < 1.29 is 13.2 Å². The van der Waals surface area contributed by atoms with Crippen LogP contribution in [-0.2, 0) is 0 Å². The van der Waals surface area contributed by atoms with Crippen LogP contribution in [-0.4, -0.2) is 5.11 Å². The summed E-state index contributed by atoms with van der Waals surface area (Å²) in [5.41, 5.74) is 0.0313. The molecule has 7 heteroatoms. The summed E-state index contributed by atoms with van der Waals surface area (Å²) in [5.74, 6) is -2.17. The first-order valence-corrected chi connectivity index (χ1v) is 6.23. The Bertz CT molecular complexity index is 664. The van der Waals surface area contributed by atoms with Gasteiger partial charge in [0.05, 0.1) is 16.4 Å². The fourth-order valence-electron chi connectivity index (χ4n) is 1.47. The van der Waals surface area contributed by atoms with E-state index in [4.69, 9.17) is 23.8 Å². The van der Waals surface area contributed by atoms with Crippen molar-refractivity contribution in [2.75, 3.05) is 10.6 Å². The molecule has 2 nitrogen and oxygen atoms in total. The zero-order chi connectivity index (χ0) is 14.7. The van der Waals surface area contributed by atoms with Crippen molar-refractivity contribution >= 4 is 40.3 Å². The molecule has 0 atom stereocenters. The highest BCUT2D eigenvalue weighted by molar-refractivity contribution is 7.80. The van der Waals surface area contributed by atoms with Crippen molar-refractivity contribution in [3.8, 4) is 0 Å². The first kappa shape index (κ1) is 14.6. The third kappa shape index (κ3) is 3.40. The summed E-state index contributed by atoms with van der Waals surface area (Å²) in [7, 11) is 0. The van der Waals surface area contributed by atoms with Gasteiger partial charge in [-0.05, 0) is 36.5 Å². The number of hydrogen-bond donors (Lipinski definition) is 2. The lowest BCUT2D eigenvalue weighted by Crippen LogP contribution is -2.20. The smallest absolute Gasteiger partial charge is 0.175 e.